The maximum Gasteiger partial charge on any atom is 0.334 e. The predicted octanol–water partition coefficient (Wildman–Crippen LogP) is 4.45. The van der Waals surface area contributed by atoms with Gasteiger partial charge >= 0.3 is 5.97 Å². The van der Waals surface area contributed by atoms with Gasteiger partial charge in [0, 0.05) is 17.0 Å². The van der Waals surface area contributed by atoms with Crippen LogP contribution in [0.15, 0.2) is 54.1 Å². The van der Waals surface area contributed by atoms with Gasteiger partial charge in [0.2, 0.25) is 0 Å². The number of hydrogen-bond acceptors (Lipinski definition) is 2. The van der Waals surface area contributed by atoms with Crippen molar-refractivity contribution in [2.75, 3.05) is 7.11 Å². The molecule has 21 heavy (non-hydrogen) atoms. The van der Waals surface area contributed by atoms with Gasteiger partial charge in [-0.25, -0.2) is 4.79 Å². The topological polar surface area (TPSA) is 26.3 Å². The van der Waals surface area contributed by atoms with Crippen molar-refractivity contribution in [3.63, 3.8) is 0 Å². The van der Waals surface area contributed by atoms with Crippen LogP contribution in [0.25, 0.3) is 6.08 Å². The quantitative estimate of drug-likeness (QED) is 0.616. The summed E-state index contributed by atoms with van der Waals surface area (Å²) in [5.74, 6) is -0.335. The van der Waals surface area contributed by atoms with Gasteiger partial charge in [0.05, 0.1) is 7.11 Å². The second kappa shape index (κ2) is 7.09. The SMILES string of the molecule is COC(=O)/C(=C/c1ccccc1Cl)Cc1ccccc1C. The Morgan fingerprint density at radius 3 is 2.48 bits per heavy atom. The van der Waals surface area contributed by atoms with Gasteiger partial charge in [0.25, 0.3) is 0 Å². The number of ether oxygens (including phenoxy) is 1. The largest absolute Gasteiger partial charge is 0.466 e. The number of rotatable bonds is 4. The zero-order valence-electron chi connectivity index (χ0n) is 12.1. The van der Waals surface area contributed by atoms with E-state index in [0.717, 1.165) is 16.7 Å². The molecule has 0 amide bonds. The van der Waals surface area contributed by atoms with Crippen LogP contribution in [0.4, 0.5) is 0 Å². The van der Waals surface area contributed by atoms with Crippen molar-refractivity contribution < 1.29 is 9.53 Å². The van der Waals surface area contributed by atoms with Crippen molar-refractivity contribution >= 4 is 23.6 Å². The molecule has 2 aromatic rings. The molecule has 0 heterocycles. The molecule has 2 rings (SSSR count). The van der Waals surface area contributed by atoms with E-state index in [1.165, 1.54) is 7.11 Å². The molecule has 0 atom stereocenters. The first kappa shape index (κ1) is 15.3. The number of carbonyl (C=O) groups is 1. The normalized spacial score (nSPS) is 11.3. The molecule has 0 aliphatic heterocycles. The molecule has 0 saturated carbocycles. The van der Waals surface area contributed by atoms with Gasteiger partial charge in [-0.2, -0.15) is 0 Å². The number of hydrogen-bond donors (Lipinski definition) is 0. The average Bonchev–Trinajstić information content (AvgIpc) is 2.50. The van der Waals surface area contributed by atoms with E-state index in [-0.39, 0.29) is 5.97 Å². The van der Waals surface area contributed by atoms with Gasteiger partial charge in [-0.1, -0.05) is 54.1 Å². The van der Waals surface area contributed by atoms with Crippen molar-refractivity contribution in [1.29, 1.82) is 0 Å². The van der Waals surface area contributed by atoms with Gasteiger partial charge in [0.1, 0.15) is 0 Å². The zero-order valence-corrected chi connectivity index (χ0v) is 12.9. The molecular formula is C18H17ClO2. The second-order valence-corrected chi connectivity index (χ2v) is 5.19. The molecular weight excluding hydrogens is 284 g/mol. The molecule has 0 aliphatic carbocycles. The van der Waals surface area contributed by atoms with E-state index in [0.29, 0.717) is 17.0 Å². The summed E-state index contributed by atoms with van der Waals surface area (Å²) in [6.45, 7) is 2.03. The lowest BCUT2D eigenvalue weighted by molar-refractivity contribution is -0.136. The number of benzene rings is 2. The smallest absolute Gasteiger partial charge is 0.334 e. The molecule has 0 radical (unpaired) electrons. The van der Waals surface area contributed by atoms with Gasteiger partial charge in [-0.05, 0) is 35.8 Å². The molecule has 3 heteroatoms. The lowest BCUT2D eigenvalue weighted by Gasteiger charge is -2.09. The minimum atomic E-state index is -0.335. The van der Waals surface area contributed by atoms with E-state index in [9.17, 15) is 4.79 Å². The Hall–Kier alpha value is -2.06. The van der Waals surface area contributed by atoms with Gasteiger partial charge in [-0.15, -0.1) is 0 Å². The number of esters is 1. The molecule has 0 fully saturated rings. The van der Waals surface area contributed by atoms with Crippen molar-refractivity contribution in [3.8, 4) is 0 Å². The van der Waals surface area contributed by atoms with E-state index in [1.807, 2.05) is 49.4 Å². The van der Waals surface area contributed by atoms with E-state index < -0.39 is 0 Å². The standard InChI is InChI=1S/C18H17ClO2/c1-13-7-3-4-8-14(13)11-16(18(20)21-2)12-15-9-5-6-10-17(15)19/h3-10,12H,11H2,1-2H3/b16-12+. The fourth-order valence-electron chi connectivity index (χ4n) is 2.11. The number of methoxy groups -OCH3 is 1. The lowest BCUT2D eigenvalue weighted by Crippen LogP contribution is -2.08. The number of aryl methyl sites for hydroxylation is 1. The van der Waals surface area contributed by atoms with Gasteiger partial charge in [0.15, 0.2) is 0 Å². The third-order valence-corrected chi connectivity index (χ3v) is 3.67. The summed E-state index contributed by atoms with van der Waals surface area (Å²) in [6, 6.07) is 15.4. The maximum atomic E-state index is 12.0. The molecule has 0 aliphatic rings. The Morgan fingerprint density at radius 1 is 1.14 bits per heavy atom. The summed E-state index contributed by atoms with van der Waals surface area (Å²) in [6.07, 6.45) is 2.31. The minimum Gasteiger partial charge on any atom is -0.466 e. The van der Waals surface area contributed by atoms with Gasteiger partial charge < -0.3 is 4.74 Å². The molecule has 0 spiro atoms. The Morgan fingerprint density at radius 2 is 1.81 bits per heavy atom. The predicted molar refractivity (Wildman–Crippen MR) is 86.3 cm³/mol. The average molecular weight is 301 g/mol. The van der Waals surface area contributed by atoms with Crippen molar-refractivity contribution in [2.45, 2.75) is 13.3 Å². The Balaban J connectivity index is 2.38. The lowest BCUT2D eigenvalue weighted by atomic mass is 9.99. The summed E-state index contributed by atoms with van der Waals surface area (Å²) in [4.78, 5) is 12.0. The fourth-order valence-corrected chi connectivity index (χ4v) is 2.30. The van der Waals surface area contributed by atoms with Crippen LogP contribution >= 0.6 is 11.6 Å². The van der Waals surface area contributed by atoms with E-state index in [1.54, 1.807) is 12.1 Å². The van der Waals surface area contributed by atoms with Crippen molar-refractivity contribution in [2.24, 2.45) is 0 Å². The highest BCUT2D eigenvalue weighted by Gasteiger charge is 2.12. The van der Waals surface area contributed by atoms with Crippen molar-refractivity contribution in [1.82, 2.24) is 0 Å². The zero-order chi connectivity index (χ0) is 15.2. The fraction of sp³-hybridized carbons (Fsp3) is 0.167. The van der Waals surface area contributed by atoms with Crippen LogP contribution in [-0.4, -0.2) is 13.1 Å². The van der Waals surface area contributed by atoms with Crippen LogP contribution in [0.1, 0.15) is 16.7 Å². The maximum absolute atomic E-state index is 12.0. The summed E-state index contributed by atoms with van der Waals surface area (Å²) < 4.78 is 4.89. The van der Waals surface area contributed by atoms with Gasteiger partial charge in [-0.3, -0.25) is 0 Å². The van der Waals surface area contributed by atoms with Crippen LogP contribution in [0.5, 0.6) is 0 Å². The Kier molecular flexibility index (Phi) is 5.18. The molecule has 0 unspecified atom stereocenters. The third kappa shape index (κ3) is 3.96. The van der Waals surface area contributed by atoms with E-state index >= 15 is 0 Å². The molecule has 0 bridgehead atoms. The van der Waals surface area contributed by atoms with Crippen LogP contribution in [0.3, 0.4) is 0 Å². The van der Waals surface area contributed by atoms with Crippen LogP contribution < -0.4 is 0 Å². The van der Waals surface area contributed by atoms with Crippen molar-refractivity contribution in [3.05, 3.63) is 75.8 Å². The van der Waals surface area contributed by atoms with Crippen LogP contribution in [0.2, 0.25) is 5.02 Å². The monoisotopic (exact) mass is 300 g/mol. The highest BCUT2D eigenvalue weighted by atomic mass is 35.5. The molecule has 2 nitrogen and oxygen atoms in total. The van der Waals surface area contributed by atoms with E-state index in [4.69, 9.17) is 16.3 Å². The number of carbonyl (C=O) groups excluding carboxylic acids is 1. The second-order valence-electron chi connectivity index (χ2n) is 4.79. The highest BCUT2D eigenvalue weighted by Crippen LogP contribution is 2.21. The summed E-state index contributed by atoms with van der Waals surface area (Å²) >= 11 is 6.15. The Labute approximate surface area is 130 Å². The molecule has 2 aromatic carbocycles. The van der Waals surface area contributed by atoms with E-state index in [2.05, 4.69) is 0 Å². The summed E-state index contributed by atoms with van der Waals surface area (Å²) in [5.41, 5.74) is 3.64. The first-order chi connectivity index (χ1) is 10.1. The third-order valence-electron chi connectivity index (χ3n) is 3.32. The Bertz CT molecular complexity index is 674. The molecule has 0 N–H and O–H groups in total. The molecule has 0 aromatic heterocycles. The molecule has 0 saturated heterocycles. The summed E-state index contributed by atoms with van der Waals surface area (Å²) in [7, 11) is 1.39. The van der Waals surface area contributed by atoms with Crippen LogP contribution in [-0.2, 0) is 16.0 Å². The molecule has 108 valence electrons. The highest BCUT2D eigenvalue weighted by molar-refractivity contribution is 6.32. The first-order valence-electron chi connectivity index (χ1n) is 6.69. The number of halogens is 1. The first-order valence-corrected chi connectivity index (χ1v) is 7.07. The minimum absolute atomic E-state index is 0.335. The summed E-state index contributed by atoms with van der Waals surface area (Å²) in [5, 5.41) is 0.615. The van der Waals surface area contributed by atoms with Crippen LogP contribution in [0, 0.1) is 6.92 Å².